The predicted octanol–water partition coefficient (Wildman–Crippen LogP) is 3.13. The molecule has 0 aromatic heterocycles. The molecule has 6 nitrogen and oxygen atoms in total. The minimum Gasteiger partial charge on any atom is -0.495 e. The first-order chi connectivity index (χ1) is 11.7. The molecule has 0 spiro atoms. The zero-order chi connectivity index (χ0) is 18.6. The van der Waals surface area contributed by atoms with Crippen LogP contribution in [0.15, 0.2) is 47.4 Å². The van der Waals surface area contributed by atoms with Crippen molar-refractivity contribution in [3.05, 3.63) is 53.1 Å². The molecule has 1 N–H and O–H groups in total. The summed E-state index contributed by atoms with van der Waals surface area (Å²) < 4.78 is 31.9. The molecule has 25 heavy (non-hydrogen) atoms. The van der Waals surface area contributed by atoms with E-state index in [2.05, 4.69) is 5.32 Å². The summed E-state index contributed by atoms with van der Waals surface area (Å²) in [5.41, 5.74) is 1.23. The number of nitrogens with zero attached hydrogens (tertiary/aromatic N) is 1. The Kier molecular flexibility index (Phi) is 6.05. The van der Waals surface area contributed by atoms with Gasteiger partial charge in [-0.1, -0.05) is 23.7 Å². The van der Waals surface area contributed by atoms with Crippen molar-refractivity contribution >= 4 is 33.2 Å². The summed E-state index contributed by atoms with van der Waals surface area (Å²) in [5.74, 6) is 0.00457. The van der Waals surface area contributed by atoms with Gasteiger partial charge in [0.25, 0.3) is 0 Å². The number of nitrogens with one attached hydrogen (secondary N) is 1. The highest BCUT2D eigenvalue weighted by Gasteiger charge is 2.22. The van der Waals surface area contributed by atoms with Gasteiger partial charge >= 0.3 is 0 Å². The van der Waals surface area contributed by atoms with Crippen molar-refractivity contribution in [2.75, 3.05) is 19.5 Å². The lowest BCUT2D eigenvalue weighted by Crippen LogP contribution is -2.26. The lowest BCUT2D eigenvalue weighted by atomic mass is 10.2. The Morgan fingerprint density at radius 3 is 2.40 bits per heavy atom. The first kappa shape index (κ1) is 19.2. The van der Waals surface area contributed by atoms with Crippen LogP contribution in [-0.2, 0) is 21.4 Å². The first-order valence-electron chi connectivity index (χ1n) is 7.40. The van der Waals surface area contributed by atoms with E-state index >= 15 is 0 Å². The van der Waals surface area contributed by atoms with Crippen molar-refractivity contribution < 1.29 is 17.9 Å². The number of hydrogen-bond acceptors (Lipinski definition) is 4. The number of sulfonamides is 1. The molecule has 0 saturated carbocycles. The Morgan fingerprint density at radius 1 is 1.20 bits per heavy atom. The number of hydrogen-bond donors (Lipinski definition) is 1. The Morgan fingerprint density at radius 2 is 1.84 bits per heavy atom. The van der Waals surface area contributed by atoms with Crippen molar-refractivity contribution in [1.29, 1.82) is 0 Å². The molecule has 2 aromatic rings. The van der Waals surface area contributed by atoms with E-state index in [0.717, 1.165) is 5.56 Å². The predicted molar refractivity (Wildman–Crippen MR) is 97.4 cm³/mol. The SMILES string of the molecule is COc1cc(S(=O)(=O)N(C)Cc2ccc(Cl)cc2)ccc1NC(C)=O. The maximum atomic E-state index is 12.8. The van der Waals surface area contributed by atoms with Gasteiger partial charge in [0.1, 0.15) is 5.75 Å². The first-order valence-corrected chi connectivity index (χ1v) is 9.22. The number of carbonyl (C=O) groups excluding carboxylic acids is 1. The van der Waals surface area contributed by atoms with Crippen LogP contribution in [0.5, 0.6) is 5.75 Å². The summed E-state index contributed by atoms with van der Waals surface area (Å²) in [6.45, 7) is 1.57. The summed E-state index contributed by atoms with van der Waals surface area (Å²) >= 11 is 5.84. The topological polar surface area (TPSA) is 75.7 Å². The largest absolute Gasteiger partial charge is 0.495 e. The molecule has 2 rings (SSSR count). The number of ether oxygens (including phenoxy) is 1. The monoisotopic (exact) mass is 382 g/mol. The van der Waals surface area contributed by atoms with Crippen LogP contribution in [0.4, 0.5) is 5.69 Å². The highest BCUT2D eigenvalue weighted by atomic mass is 35.5. The van der Waals surface area contributed by atoms with Gasteiger partial charge in [-0.15, -0.1) is 0 Å². The minimum absolute atomic E-state index is 0.0786. The summed E-state index contributed by atoms with van der Waals surface area (Å²) in [4.78, 5) is 11.3. The molecule has 1 amide bonds. The standard InChI is InChI=1S/C17H19ClN2O4S/c1-12(21)19-16-9-8-15(10-17(16)24-3)25(22,23)20(2)11-13-4-6-14(18)7-5-13/h4-10H,11H2,1-3H3,(H,19,21). The van der Waals surface area contributed by atoms with Crippen LogP contribution in [0.2, 0.25) is 5.02 Å². The normalized spacial score (nSPS) is 11.4. The molecule has 0 unspecified atom stereocenters. The molecule has 0 atom stereocenters. The van der Waals surface area contributed by atoms with E-state index in [4.69, 9.17) is 16.3 Å². The molecule has 8 heteroatoms. The zero-order valence-corrected chi connectivity index (χ0v) is 15.7. The molecule has 0 fully saturated rings. The maximum absolute atomic E-state index is 12.8. The number of amides is 1. The van der Waals surface area contributed by atoms with Crippen LogP contribution in [-0.4, -0.2) is 32.8 Å². The average molecular weight is 383 g/mol. The van der Waals surface area contributed by atoms with E-state index in [1.54, 1.807) is 24.3 Å². The van der Waals surface area contributed by atoms with Gasteiger partial charge in [-0.05, 0) is 29.8 Å². The fraction of sp³-hybridized carbons (Fsp3) is 0.235. The summed E-state index contributed by atoms with van der Waals surface area (Å²) in [5, 5.41) is 3.18. The highest BCUT2D eigenvalue weighted by Crippen LogP contribution is 2.29. The van der Waals surface area contributed by atoms with Gasteiger partial charge in [-0.2, -0.15) is 4.31 Å². The molecule has 0 aliphatic carbocycles. The van der Waals surface area contributed by atoms with Crippen LogP contribution in [0.25, 0.3) is 0 Å². The van der Waals surface area contributed by atoms with E-state index in [0.29, 0.717) is 10.7 Å². The van der Waals surface area contributed by atoms with Crippen LogP contribution in [0.1, 0.15) is 12.5 Å². The molecule has 0 heterocycles. The van der Waals surface area contributed by atoms with Crippen molar-refractivity contribution in [3.63, 3.8) is 0 Å². The molecular weight excluding hydrogens is 364 g/mol. The summed E-state index contributed by atoms with van der Waals surface area (Å²) in [6.07, 6.45) is 0. The Labute approximate surface area is 152 Å². The Hall–Kier alpha value is -2.09. The van der Waals surface area contributed by atoms with Crippen LogP contribution >= 0.6 is 11.6 Å². The maximum Gasteiger partial charge on any atom is 0.243 e. The third-order valence-electron chi connectivity index (χ3n) is 3.51. The molecular formula is C17H19ClN2O4S. The number of methoxy groups -OCH3 is 1. The number of halogens is 1. The number of rotatable bonds is 6. The van der Waals surface area contributed by atoms with Crippen molar-refractivity contribution in [3.8, 4) is 5.75 Å². The molecule has 0 saturated heterocycles. The number of benzene rings is 2. The Balaban J connectivity index is 2.28. The van der Waals surface area contributed by atoms with Gasteiger partial charge in [0.2, 0.25) is 15.9 Å². The lowest BCUT2D eigenvalue weighted by molar-refractivity contribution is -0.114. The van der Waals surface area contributed by atoms with E-state index in [1.807, 2.05) is 0 Å². The van der Waals surface area contributed by atoms with Gasteiger partial charge in [0.15, 0.2) is 0 Å². The third kappa shape index (κ3) is 4.72. The fourth-order valence-electron chi connectivity index (χ4n) is 2.24. The molecule has 0 aliphatic rings. The van der Waals surface area contributed by atoms with E-state index in [9.17, 15) is 13.2 Å². The molecule has 2 aromatic carbocycles. The second-order valence-corrected chi connectivity index (χ2v) is 7.91. The zero-order valence-electron chi connectivity index (χ0n) is 14.1. The highest BCUT2D eigenvalue weighted by molar-refractivity contribution is 7.89. The van der Waals surface area contributed by atoms with Crippen molar-refractivity contribution in [1.82, 2.24) is 4.31 Å². The van der Waals surface area contributed by atoms with Crippen LogP contribution < -0.4 is 10.1 Å². The van der Waals surface area contributed by atoms with Crippen molar-refractivity contribution in [2.24, 2.45) is 0 Å². The molecule has 134 valence electrons. The minimum atomic E-state index is -3.72. The Bertz CT molecular complexity index is 867. The van der Waals surface area contributed by atoms with Gasteiger partial charge in [0, 0.05) is 31.6 Å². The quantitative estimate of drug-likeness (QED) is 0.832. The molecule has 0 aliphatic heterocycles. The smallest absolute Gasteiger partial charge is 0.243 e. The number of carbonyl (C=O) groups is 1. The van der Waals surface area contributed by atoms with E-state index < -0.39 is 10.0 Å². The lowest BCUT2D eigenvalue weighted by Gasteiger charge is -2.18. The van der Waals surface area contributed by atoms with E-state index in [-0.39, 0.29) is 23.1 Å². The van der Waals surface area contributed by atoms with Crippen LogP contribution in [0.3, 0.4) is 0 Å². The summed E-state index contributed by atoms with van der Waals surface area (Å²) in [7, 11) is -0.808. The van der Waals surface area contributed by atoms with Gasteiger partial charge < -0.3 is 10.1 Å². The third-order valence-corrected chi connectivity index (χ3v) is 5.56. The molecule has 0 radical (unpaired) electrons. The summed E-state index contributed by atoms with van der Waals surface area (Å²) in [6, 6.07) is 11.3. The van der Waals surface area contributed by atoms with E-state index in [1.165, 1.54) is 43.6 Å². The van der Waals surface area contributed by atoms with Gasteiger partial charge in [0.05, 0.1) is 17.7 Å². The van der Waals surface area contributed by atoms with Gasteiger partial charge in [-0.3, -0.25) is 4.79 Å². The second-order valence-electron chi connectivity index (χ2n) is 5.43. The van der Waals surface area contributed by atoms with Crippen molar-refractivity contribution in [2.45, 2.75) is 18.4 Å². The van der Waals surface area contributed by atoms with Gasteiger partial charge in [-0.25, -0.2) is 8.42 Å². The average Bonchev–Trinajstić information content (AvgIpc) is 2.56. The fourth-order valence-corrected chi connectivity index (χ4v) is 3.54. The second kappa shape index (κ2) is 7.86. The molecule has 0 bridgehead atoms. The van der Waals surface area contributed by atoms with Crippen LogP contribution in [0, 0.1) is 0 Å². The number of anilines is 1.